The van der Waals surface area contributed by atoms with Gasteiger partial charge in [-0.15, -0.1) is 0 Å². The van der Waals surface area contributed by atoms with Crippen LogP contribution in [0.4, 0.5) is 11.5 Å². The van der Waals surface area contributed by atoms with Gasteiger partial charge in [-0.05, 0) is 12.1 Å². The van der Waals surface area contributed by atoms with Crippen LogP contribution in [0.3, 0.4) is 0 Å². The molecule has 0 amide bonds. The number of pyridine rings is 1. The van der Waals surface area contributed by atoms with Gasteiger partial charge in [-0.25, -0.2) is 13.4 Å². The number of nitriles is 1. The second kappa shape index (κ2) is 4.81. The highest BCUT2D eigenvalue weighted by Crippen LogP contribution is 2.11. The quantitative estimate of drug-likeness (QED) is 0.766. The first-order valence-corrected chi connectivity index (χ1v) is 6.56. The minimum atomic E-state index is -3.00. The summed E-state index contributed by atoms with van der Waals surface area (Å²) in [5.74, 6) is 0.454. The third kappa shape index (κ3) is 3.74. The van der Waals surface area contributed by atoms with Gasteiger partial charge in [0.25, 0.3) is 0 Å². The Labute approximate surface area is 94.0 Å². The van der Waals surface area contributed by atoms with Gasteiger partial charge in [0.2, 0.25) is 0 Å². The van der Waals surface area contributed by atoms with Gasteiger partial charge in [-0.2, -0.15) is 5.26 Å². The highest BCUT2D eigenvalue weighted by Gasteiger charge is 2.04. The molecule has 1 aromatic heterocycles. The Bertz CT molecular complexity index is 519. The first kappa shape index (κ1) is 12.3. The predicted octanol–water partition coefficient (Wildman–Crippen LogP) is -0.00802. The van der Waals surface area contributed by atoms with Crippen LogP contribution >= 0.6 is 0 Å². The van der Waals surface area contributed by atoms with E-state index in [1.807, 2.05) is 6.07 Å². The number of nitrogens with zero attached hydrogens (tertiary/aromatic N) is 2. The molecule has 6 nitrogen and oxygen atoms in total. The second-order valence-corrected chi connectivity index (χ2v) is 5.56. The Kier molecular flexibility index (Phi) is 3.68. The molecule has 0 unspecified atom stereocenters. The van der Waals surface area contributed by atoms with E-state index in [1.54, 1.807) is 12.1 Å². The van der Waals surface area contributed by atoms with Crippen molar-refractivity contribution < 1.29 is 8.42 Å². The van der Waals surface area contributed by atoms with E-state index in [0.29, 0.717) is 11.5 Å². The minimum absolute atomic E-state index is 0.0148. The molecule has 0 bridgehead atoms. The molecule has 0 aliphatic rings. The van der Waals surface area contributed by atoms with Gasteiger partial charge in [0.15, 0.2) is 5.69 Å². The lowest BCUT2D eigenvalue weighted by atomic mass is 10.3. The van der Waals surface area contributed by atoms with Crippen LogP contribution in [0.25, 0.3) is 0 Å². The lowest BCUT2D eigenvalue weighted by molar-refractivity contribution is 0.602. The monoisotopic (exact) mass is 240 g/mol. The summed E-state index contributed by atoms with van der Waals surface area (Å²) in [5, 5.41) is 11.5. The lowest BCUT2D eigenvalue weighted by Crippen LogP contribution is -2.15. The Morgan fingerprint density at radius 3 is 2.81 bits per heavy atom. The molecule has 0 spiro atoms. The third-order valence-corrected chi connectivity index (χ3v) is 2.76. The van der Waals surface area contributed by atoms with Crippen molar-refractivity contribution in [2.45, 2.75) is 0 Å². The molecule has 1 rings (SSSR count). The molecule has 86 valence electrons. The van der Waals surface area contributed by atoms with Crippen LogP contribution in [0.15, 0.2) is 12.1 Å². The minimum Gasteiger partial charge on any atom is -0.396 e. The zero-order chi connectivity index (χ0) is 12.2. The van der Waals surface area contributed by atoms with Crippen LogP contribution in [0.2, 0.25) is 0 Å². The molecule has 0 aliphatic heterocycles. The molecule has 0 aromatic carbocycles. The Hall–Kier alpha value is -1.81. The van der Waals surface area contributed by atoms with Crippen molar-refractivity contribution in [1.82, 2.24) is 4.98 Å². The van der Waals surface area contributed by atoms with E-state index in [1.165, 1.54) is 0 Å². The summed E-state index contributed by atoms with van der Waals surface area (Å²) in [6.45, 7) is 0.251. The number of hydrogen-bond donors (Lipinski definition) is 2. The summed E-state index contributed by atoms with van der Waals surface area (Å²) in [4.78, 5) is 3.92. The Morgan fingerprint density at radius 2 is 2.25 bits per heavy atom. The summed E-state index contributed by atoms with van der Waals surface area (Å²) in [6.07, 6.45) is 1.16. The fraction of sp³-hybridized carbons (Fsp3) is 0.333. The SMILES string of the molecule is CS(=O)(=O)CCNc1ccc(N)c(C#N)n1. The zero-order valence-corrected chi connectivity index (χ0v) is 9.58. The first-order valence-electron chi connectivity index (χ1n) is 4.50. The Morgan fingerprint density at radius 1 is 1.56 bits per heavy atom. The van der Waals surface area contributed by atoms with E-state index in [4.69, 9.17) is 11.0 Å². The molecule has 0 radical (unpaired) electrons. The molecule has 0 saturated carbocycles. The smallest absolute Gasteiger partial charge is 0.165 e. The fourth-order valence-electron chi connectivity index (χ4n) is 1.02. The molecule has 16 heavy (non-hydrogen) atoms. The van der Waals surface area contributed by atoms with Crippen LogP contribution in [0.5, 0.6) is 0 Å². The summed E-state index contributed by atoms with van der Waals surface area (Å²) in [5.41, 5.74) is 5.92. The number of nitrogens with one attached hydrogen (secondary N) is 1. The number of sulfone groups is 1. The molecule has 0 saturated heterocycles. The van der Waals surface area contributed by atoms with E-state index < -0.39 is 9.84 Å². The standard InChI is InChI=1S/C9H12N4O2S/c1-16(14,15)5-4-12-9-3-2-7(11)8(6-10)13-9/h2-3H,4-5,11H2,1H3,(H,12,13). The molecule has 1 aromatic rings. The average molecular weight is 240 g/mol. The summed E-state index contributed by atoms with van der Waals surface area (Å²) >= 11 is 0. The van der Waals surface area contributed by atoms with Gasteiger partial charge in [0.05, 0.1) is 11.4 Å². The van der Waals surface area contributed by atoms with Gasteiger partial charge in [0.1, 0.15) is 21.7 Å². The number of hydrogen-bond acceptors (Lipinski definition) is 6. The normalized spacial score (nSPS) is 10.8. The highest BCUT2D eigenvalue weighted by molar-refractivity contribution is 7.90. The van der Waals surface area contributed by atoms with E-state index in [-0.39, 0.29) is 18.0 Å². The van der Waals surface area contributed by atoms with Crippen molar-refractivity contribution in [3.63, 3.8) is 0 Å². The topological polar surface area (TPSA) is 109 Å². The summed E-state index contributed by atoms with van der Waals surface area (Å²) in [7, 11) is -3.00. The fourth-order valence-corrected chi connectivity index (χ4v) is 1.50. The van der Waals surface area contributed by atoms with Crippen molar-refractivity contribution in [2.75, 3.05) is 29.6 Å². The molecule has 0 fully saturated rings. The number of aromatic nitrogens is 1. The van der Waals surface area contributed by atoms with E-state index >= 15 is 0 Å². The third-order valence-electron chi connectivity index (χ3n) is 1.81. The van der Waals surface area contributed by atoms with Gasteiger partial charge < -0.3 is 11.1 Å². The van der Waals surface area contributed by atoms with Crippen molar-refractivity contribution >= 4 is 21.3 Å². The Balaban J connectivity index is 2.66. The largest absolute Gasteiger partial charge is 0.396 e. The highest BCUT2D eigenvalue weighted by atomic mass is 32.2. The zero-order valence-electron chi connectivity index (χ0n) is 8.77. The maximum Gasteiger partial charge on any atom is 0.165 e. The molecule has 1 heterocycles. The van der Waals surface area contributed by atoms with Gasteiger partial charge in [-0.3, -0.25) is 0 Å². The van der Waals surface area contributed by atoms with Crippen LogP contribution in [-0.4, -0.2) is 32.0 Å². The predicted molar refractivity (Wildman–Crippen MR) is 61.6 cm³/mol. The number of rotatable bonds is 4. The number of nitrogen functional groups attached to an aromatic ring is 1. The first-order chi connectivity index (χ1) is 7.42. The lowest BCUT2D eigenvalue weighted by Gasteiger charge is -2.05. The molecule has 0 atom stereocenters. The number of anilines is 2. The van der Waals surface area contributed by atoms with Crippen molar-refractivity contribution in [2.24, 2.45) is 0 Å². The second-order valence-electron chi connectivity index (χ2n) is 3.30. The maximum atomic E-state index is 10.9. The van der Waals surface area contributed by atoms with Crippen molar-refractivity contribution in [3.05, 3.63) is 17.8 Å². The molecule has 3 N–H and O–H groups in total. The van der Waals surface area contributed by atoms with E-state index in [9.17, 15) is 8.42 Å². The molecular formula is C9H12N4O2S. The van der Waals surface area contributed by atoms with Crippen LogP contribution < -0.4 is 11.1 Å². The summed E-state index contributed by atoms with van der Waals surface area (Å²) < 4.78 is 21.7. The van der Waals surface area contributed by atoms with E-state index in [2.05, 4.69) is 10.3 Å². The average Bonchev–Trinajstić information content (AvgIpc) is 2.18. The van der Waals surface area contributed by atoms with Crippen molar-refractivity contribution in [3.8, 4) is 6.07 Å². The van der Waals surface area contributed by atoms with E-state index in [0.717, 1.165) is 6.26 Å². The van der Waals surface area contributed by atoms with Crippen LogP contribution in [0.1, 0.15) is 5.69 Å². The molecular weight excluding hydrogens is 228 g/mol. The summed E-state index contributed by atoms with van der Waals surface area (Å²) in [6, 6.07) is 4.99. The van der Waals surface area contributed by atoms with Crippen molar-refractivity contribution in [1.29, 1.82) is 5.26 Å². The van der Waals surface area contributed by atoms with Crippen LogP contribution in [-0.2, 0) is 9.84 Å². The maximum absolute atomic E-state index is 10.9. The van der Waals surface area contributed by atoms with Gasteiger partial charge in [0, 0.05) is 12.8 Å². The van der Waals surface area contributed by atoms with Crippen LogP contribution in [0, 0.1) is 11.3 Å². The molecule has 7 heteroatoms. The van der Waals surface area contributed by atoms with Gasteiger partial charge in [-0.1, -0.05) is 0 Å². The number of nitrogens with two attached hydrogens (primary N) is 1. The molecule has 0 aliphatic carbocycles. The van der Waals surface area contributed by atoms with Gasteiger partial charge >= 0.3 is 0 Å².